The lowest BCUT2D eigenvalue weighted by atomic mass is 9.45. The number of hydrogen-bond acceptors (Lipinski definition) is 19. The number of carboxylic acid groups (broad SMARTS) is 1. The van der Waals surface area contributed by atoms with Crippen LogP contribution in [0.25, 0.3) is 22.3 Å². The highest BCUT2D eigenvalue weighted by molar-refractivity contribution is 5.97. The first-order chi connectivity index (χ1) is 51.1. The van der Waals surface area contributed by atoms with Gasteiger partial charge in [0, 0.05) is 116 Å². The van der Waals surface area contributed by atoms with Gasteiger partial charge in [0.1, 0.15) is 47.4 Å². The molecule has 6 aliphatic carbocycles. The Labute approximate surface area is 646 Å². The molecule has 8 fully saturated rings. The second-order valence-electron chi connectivity index (χ2n) is 35.0. The number of aliphatic hydroxyl groups is 4. The minimum atomic E-state index is -1.10. The number of nitrogens with zero attached hydrogens (tertiary/aromatic N) is 6. The number of rotatable bonds is 29. The van der Waals surface area contributed by atoms with Crippen LogP contribution in [0.15, 0.2) is 60.7 Å². The second-order valence-corrected chi connectivity index (χ2v) is 35.0. The Kier molecular flexibility index (Phi) is 29.8. The number of halogens is 2. The number of likely N-dealkylation sites (N-methyl/N-ethyl adjacent to an activating group) is 2. The van der Waals surface area contributed by atoms with Crippen LogP contribution in [0.4, 0.5) is 20.2 Å². The fourth-order valence-electron chi connectivity index (χ4n) is 18.6. The van der Waals surface area contributed by atoms with Crippen molar-refractivity contribution in [3.05, 3.63) is 94.6 Å². The summed E-state index contributed by atoms with van der Waals surface area (Å²) in [6.45, 7) is 25.8. The molecule has 109 heavy (non-hydrogen) atoms. The van der Waals surface area contributed by atoms with Crippen molar-refractivity contribution in [2.75, 3.05) is 107 Å². The average Bonchev–Trinajstić information content (AvgIpc) is 1.33. The highest BCUT2D eigenvalue weighted by Crippen LogP contribution is 2.62. The molecule has 0 spiro atoms. The number of hydrogen-bond donors (Lipinski definition) is 9. The molecule has 0 aromatic heterocycles. The number of fused-ring (bicyclic) bond motifs is 4. The summed E-state index contributed by atoms with van der Waals surface area (Å²) >= 11 is 0. The quantitative estimate of drug-likeness (QED) is 0.0244. The van der Waals surface area contributed by atoms with Crippen molar-refractivity contribution in [3.8, 4) is 33.8 Å². The zero-order valence-corrected chi connectivity index (χ0v) is 68.8. The van der Waals surface area contributed by atoms with Crippen LogP contribution in [0, 0.1) is 81.6 Å². The number of carbonyl (C=O) groups is 4. The fourth-order valence-corrected chi connectivity index (χ4v) is 18.6. The molecule has 18 atom stereocenters. The molecule has 8 aliphatic rings. The first kappa shape index (κ1) is 88.0. The van der Waals surface area contributed by atoms with Crippen molar-refractivity contribution < 1.29 is 72.6 Å². The standard InChI is InChI=1S/C42H64FN5O6.C34H46FN3O7.C8H20N2/c1-23(2)14-29(20-46(7)8)44-40(51)27-15-26(16-30(17-27)47(9)10)31-12-13-34(43)32(39(31)53-11)21-48-38(37(25(4)50)36(22-49)54-48)41(52)45-35-19-28-18-33(24(35)3)42(28,5)6;1-17-25-13-21(34(25,3)4)14-27(17)36-32(41)30-29(18(2)40)28(16-39)45-38(30)15-24-26(35)9-8-23(31(24)44-7)19-10-20(33(42)43)12-22(11-19)37(5)6;1-7(2)5-8(9)6-10(3)4/h12-13,15-17,23-25,28-29,33,35-38,49-50H,14,18-22H2,1-11H3,(H,44,51)(H,45,52);8-12,17-18,21,25,27-30,39-40H,13-16H2,1-7H3,(H,36,41)(H,42,43);7-8H,5-6,9H2,1-4H3/t24-,25-,28+,29-,33-,35-,36-,37+,38-;17-,18-,21+,25-,27-,28-,29+,30-;/m00./s1. The summed E-state index contributed by atoms with van der Waals surface area (Å²) in [4.78, 5) is 74.1. The molecule has 4 bridgehead atoms. The summed E-state index contributed by atoms with van der Waals surface area (Å²) in [6, 6.07) is 14.4. The van der Waals surface area contributed by atoms with Gasteiger partial charge in [-0.1, -0.05) is 69.2 Å². The maximum absolute atomic E-state index is 16.0. The van der Waals surface area contributed by atoms with Gasteiger partial charge in [-0.25, -0.2) is 13.6 Å². The number of aliphatic hydroxyl groups excluding tert-OH is 4. The summed E-state index contributed by atoms with van der Waals surface area (Å²) in [5, 5.41) is 64.4. The molecule has 23 nitrogen and oxygen atoms in total. The van der Waals surface area contributed by atoms with E-state index in [0.717, 1.165) is 56.7 Å². The molecule has 4 aromatic carbocycles. The maximum atomic E-state index is 16.0. The molecule has 10 N–H and O–H groups in total. The number of aromatic carboxylic acids is 1. The van der Waals surface area contributed by atoms with Gasteiger partial charge in [-0.15, -0.1) is 0 Å². The van der Waals surface area contributed by atoms with Crippen LogP contribution in [-0.2, 0) is 32.4 Å². The summed E-state index contributed by atoms with van der Waals surface area (Å²) in [7, 11) is 18.3. The molecule has 2 aliphatic heterocycles. The van der Waals surface area contributed by atoms with Gasteiger partial charge in [0.05, 0.1) is 58.3 Å². The van der Waals surface area contributed by atoms with Crippen LogP contribution in [0.2, 0.25) is 0 Å². The molecular formula is C84H130F2N10O13. The third-order valence-electron chi connectivity index (χ3n) is 24.6. The molecule has 3 amide bonds. The van der Waals surface area contributed by atoms with Gasteiger partial charge >= 0.3 is 5.97 Å². The highest BCUT2D eigenvalue weighted by atomic mass is 19.1. The van der Waals surface area contributed by atoms with Crippen molar-refractivity contribution in [1.29, 1.82) is 0 Å². The lowest BCUT2D eigenvalue weighted by Crippen LogP contribution is -2.62. The number of carbonyl (C=O) groups excluding carboxylic acids is 3. The number of methoxy groups -OCH3 is 2. The van der Waals surface area contributed by atoms with Gasteiger partial charge in [0.25, 0.3) is 5.91 Å². The normalized spacial score (nSPS) is 27.1. The Hall–Kier alpha value is -6.62. The lowest BCUT2D eigenvalue weighted by molar-refractivity contribution is -0.184. The predicted octanol–water partition coefficient (Wildman–Crippen LogP) is 9.78. The van der Waals surface area contributed by atoms with E-state index in [1.165, 1.54) is 48.6 Å². The molecule has 25 heteroatoms. The van der Waals surface area contributed by atoms with Crippen molar-refractivity contribution in [2.45, 2.75) is 195 Å². The minimum Gasteiger partial charge on any atom is -0.496 e. The number of hydroxylamine groups is 4. The number of carboxylic acids is 1. The summed E-state index contributed by atoms with van der Waals surface area (Å²) in [5.74, 6) is -0.572. The Morgan fingerprint density at radius 2 is 0.991 bits per heavy atom. The Bertz CT molecular complexity index is 3740. The smallest absolute Gasteiger partial charge is 0.335 e. The summed E-state index contributed by atoms with van der Waals surface area (Å²) < 4.78 is 43.3. The Morgan fingerprint density at radius 3 is 1.32 bits per heavy atom. The number of benzene rings is 4. The molecule has 6 saturated carbocycles. The van der Waals surface area contributed by atoms with Gasteiger partial charge in [-0.05, 0) is 211 Å². The second kappa shape index (κ2) is 36.9. The van der Waals surface area contributed by atoms with Gasteiger partial charge in [-0.3, -0.25) is 24.1 Å². The van der Waals surface area contributed by atoms with E-state index in [0.29, 0.717) is 75.7 Å². The monoisotopic (exact) mass is 1520 g/mol. The molecule has 0 radical (unpaired) electrons. The van der Waals surface area contributed by atoms with Crippen LogP contribution in [0.5, 0.6) is 11.5 Å². The van der Waals surface area contributed by atoms with Crippen LogP contribution in [0.1, 0.15) is 153 Å². The summed E-state index contributed by atoms with van der Waals surface area (Å²) in [5.41, 5.74) is 10.7. The lowest BCUT2D eigenvalue weighted by Gasteiger charge is -2.62. The largest absolute Gasteiger partial charge is 0.496 e. The van der Waals surface area contributed by atoms with Gasteiger partial charge < -0.3 is 76.3 Å². The molecule has 2 heterocycles. The van der Waals surface area contributed by atoms with Crippen LogP contribution >= 0.6 is 0 Å². The first-order valence-corrected chi connectivity index (χ1v) is 39.1. The van der Waals surface area contributed by atoms with Crippen molar-refractivity contribution in [2.24, 2.45) is 75.7 Å². The topological polar surface area (TPSA) is 288 Å². The van der Waals surface area contributed by atoms with E-state index in [1.54, 1.807) is 57.1 Å². The van der Waals surface area contributed by atoms with E-state index in [9.17, 15) is 44.7 Å². The summed E-state index contributed by atoms with van der Waals surface area (Å²) in [6.07, 6.45) is 2.25. The number of anilines is 2. The number of nitrogens with one attached hydrogen (secondary N) is 3. The number of nitrogens with two attached hydrogens (primary N) is 1. The van der Waals surface area contributed by atoms with E-state index < -0.39 is 79.2 Å². The molecule has 1 unspecified atom stereocenters. The average molecular weight is 1530 g/mol. The van der Waals surface area contributed by atoms with Crippen LogP contribution in [0.3, 0.4) is 0 Å². The molecule has 608 valence electrons. The van der Waals surface area contributed by atoms with E-state index in [2.05, 4.69) is 109 Å². The van der Waals surface area contributed by atoms with Crippen LogP contribution < -0.4 is 41.0 Å². The predicted molar refractivity (Wildman–Crippen MR) is 423 cm³/mol. The van der Waals surface area contributed by atoms with E-state index >= 15 is 8.78 Å². The van der Waals surface area contributed by atoms with Crippen LogP contribution in [-0.4, -0.2) is 227 Å². The maximum Gasteiger partial charge on any atom is 0.335 e. The minimum absolute atomic E-state index is 0.0348. The Morgan fingerprint density at radius 1 is 0.596 bits per heavy atom. The third kappa shape index (κ3) is 20.1. The van der Waals surface area contributed by atoms with Gasteiger partial charge in [-0.2, -0.15) is 10.1 Å². The number of ether oxygens (including phenoxy) is 2. The van der Waals surface area contributed by atoms with Crippen molar-refractivity contribution in [3.63, 3.8) is 0 Å². The third-order valence-corrected chi connectivity index (χ3v) is 24.6. The molecular weight excluding hydrogens is 1390 g/mol. The van der Waals surface area contributed by atoms with Gasteiger partial charge in [0.15, 0.2) is 0 Å². The zero-order valence-electron chi connectivity index (χ0n) is 68.8. The molecule has 12 rings (SSSR count). The first-order valence-electron chi connectivity index (χ1n) is 39.1. The highest BCUT2D eigenvalue weighted by Gasteiger charge is 2.59. The molecule has 2 saturated heterocycles. The zero-order chi connectivity index (χ0) is 80.9. The van der Waals surface area contributed by atoms with Gasteiger partial charge in [0.2, 0.25) is 11.8 Å². The molecule has 4 aromatic rings. The van der Waals surface area contributed by atoms with Crippen molar-refractivity contribution in [1.82, 2.24) is 35.9 Å². The fraction of sp³-hybridized carbons (Fsp3) is 0.667. The van der Waals surface area contributed by atoms with Crippen molar-refractivity contribution >= 4 is 35.1 Å². The van der Waals surface area contributed by atoms with E-state index in [-0.39, 0.29) is 99.8 Å². The van der Waals surface area contributed by atoms with E-state index in [1.807, 2.05) is 45.2 Å². The Balaban J connectivity index is 0.000000246. The SMILES string of the molecule is CC(C)CC(N)CN(C)C.COc1c(-c2cc(C(=O)N[C@@H](CC(C)C)CN(C)C)cc(N(C)C)c2)ccc(F)c1CN1O[C@@H](CO)[C@@H]([C@H](C)O)[C@H]1C(=O)N[C@H]1C[C@H]2C[C@@H]([C@@H]1C)C2(C)C.COc1c(-c2cc(C(=O)O)cc(N(C)C)c2)ccc(F)c1CN1O[C@@H](CO)[C@@H]([C@H](C)O)[C@H]1C(=O)N[C@H]1C[C@H]2C[C@@H]([C@@H]1C)C2(C)C. The number of amides is 3. The van der Waals surface area contributed by atoms with E-state index in [4.69, 9.17) is 24.9 Å².